The zero-order chi connectivity index (χ0) is 20.8. The number of nitriles is 1. The second kappa shape index (κ2) is 9.72. The van der Waals surface area contributed by atoms with Crippen LogP contribution in [0.5, 0.6) is 0 Å². The van der Waals surface area contributed by atoms with Crippen molar-refractivity contribution < 1.29 is 9.21 Å². The Morgan fingerprint density at radius 3 is 2.52 bits per heavy atom. The number of halogens is 1. The molecular formula is C21H19BrN4O2S. The SMILES string of the molecule is Cc1cc(C)cc(N(CCC#N)C(=O)CSc2nnc(-c3ccc(Br)cc3)o2)c1. The maximum absolute atomic E-state index is 12.9. The highest BCUT2D eigenvalue weighted by molar-refractivity contribution is 9.10. The smallest absolute Gasteiger partial charge is 0.277 e. The van der Waals surface area contributed by atoms with Crippen LogP contribution in [-0.2, 0) is 4.79 Å². The fraction of sp³-hybridized carbons (Fsp3) is 0.238. The minimum absolute atomic E-state index is 0.112. The standard InChI is InChI=1S/C21H19BrN4O2S/c1-14-10-15(2)12-18(11-14)26(9-3-8-23)19(27)13-29-21-25-24-20(28-21)16-4-6-17(22)7-5-16/h4-7,10-12H,3,9,13H2,1-2H3. The highest BCUT2D eigenvalue weighted by Crippen LogP contribution is 2.26. The molecule has 3 aromatic rings. The number of carbonyl (C=O) groups excluding carboxylic acids is 1. The minimum Gasteiger partial charge on any atom is -0.411 e. The van der Waals surface area contributed by atoms with Crippen molar-refractivity contribution in [2.75, 3.05) is 17.2 Å². The van der Waals surface area contributed by atoms with E-state index in [9.17, 15) is 4.79 Å². The predicted molar refractivity (Wildman–Crippen MR) is 117 cm³/mol. The summed E-state index contributed by atoms with van der Waals surface area (Å²) in [6, 6.07) is 15.6. The van der Waals surface area contributed by atoms with Gasteiger partial charge >= 0.3 is 0 Å². The molecule has 8 heteroatoms. The maximum Gasteiger partial charge on any atom is 0.277 e. The lowest BCUT2D eigenvalue weighted by Crippen LogP contribution is -2.33. The Kier molecular flexibility index (Phi) is 7.07. The van der Waals surface area contributed by atoms with Crippen molar-refractivity contribution in [3.8, 4) is 17.5 Å². The second-order valence-corrected chi connectivity index (χ2v) is 8.31. The van der Waals surface area contributed by atoms with Gasteiger partial charge in [0.2, 0.25) is 11.8 Å². The Morgan fingerprint density at radius 2 is 1.86 bits per heavy atom. The van der Waals surface area contributed by atoms with Gasteiger partial charge < -0.3 is 9.32 Å². The van der Waals surface area contributed by atoms with Gasteiger partial charge in [-0.15, -0.1) is 10.2 Å². The Bertz CT molecular complexity index is 1020. The lowest BCUT2D eigenvalue weighted by molar-refractivity contribution is -0.116. The molecule has 0 aliphatic rings. The van der Waals surface area contributed by atoms with E-state index in [-0.39, 0.29) is 18.1 Å². The Morgan fingerprint density at radius 1 is 1.17 bits per heavy atom. The van der Waals surface area contributed by atoms with Crippen LogP contribution in [-0.4, -0.2) is 28.4 Å². The van der Waals surface area contributed by atoms with Gasteiger partial charge in [0.25, 0.3) is 5.22 Å². The number of aryl methyl sites for hydroxylation is 2. The van der Waals surface area contributed by atoms with Crippen molar-refractivity contribution in [1.29, 1.82) is 5.26 Å². The number of amides is 1. The van der Waals surface area contributed by atoms with Crippen molar-refractivity contribution in [3.63, 3.8) is 0 Å². The third kappa shape index (κ3) is 5.68. The third-order valence-electron chi connectivity index (χ3n) is 4.08. The topological polar surface area (TPSA) is 83.0 Å². The number of thioether (sulfide) groups is 1. The molecule has 0 fully saturated rings. The number of nitrogens with zero attached hydrogens (tertiary/aromatic N) is 4. The fourth-order valence-corrected chi connectivity index (χ4v) is 3.75. The zero-order valence-corrected chi connectivity index (χ0v) is 18.5. The van der Waals surface area contributed by atoms with Gasteiger partial charge in [0, 0.05) is 22.3 Å². The van der Waals surface area contributed by atoms with Gasteiger partial charge in [0.15, 0.2) is 0 Å². The van der Waals surface area contributed by atoms with E-state index in [1.165, 1.54) is 11.8 Å². The first-order valence-electron chi connectivity index (χ1n) is 8.94. The normalized spacial score (nSPS) is 10.6. The van der Waals surface area contributed by atoms with Crippen LogP contribution in [0.25, 0.3) is 11.5 Å². The van der Waals surface area contributed by atoms with Gasteiger partial charge in [-0.3, -0.25) is 4.79 Å². The molecule has 2 aromatic carbocycles. The fourth-order valence-electron chi connectivity index (χ4n) is 2.84. The van der Waals surface area contributed by atoms with Crippen molar-refractivity contribution in [2.24, 2.45) is 0 Å². The van der Waals surface area contributed by atoms with Gasteiger partial charge in [-0.1, -0.05) is 33.8 Å². The van der Waals surface area contributed by atoms with Crippen molar-refractivity contribution in [3.05, 3.63) is 58.1 Å². The molecule has 1 aromatic heterocycles. The van der Waals surface area contributed by atoms with Gasteiger partial charge in [0.05, 0.1) is 18.2 Å². The molecule has 29 heavy (non-hydrogen) atoms. The average Bonchev–Trinajstić information content (AvgIpc) is 3.15. The molecule has 0 bridgehead atoms. The second-order valence-electron chi connectivity index (χ2n) is 6.47. The van der Waals surface area contributed by atoms with E-state index in [4.69, 9.17) is 9.68 Å². The number of aromatic nitrogens is 2. The van der Waals surface area contributed by atoms with E-state index in [0.717, 1.165) is 26.9 Å². The molecule has 0 aliphatic carbocycles. The largest absolute Gasteiger partial charge is 0.411 e. The predicted octanol–water partition coefficient (Wildman–Crippen LogP) is 5.15. The van der Waals surface area contributed by atoms with Gasteiger partial charge in [-0.05, 0) is 61.4 Å². The van der Waals surface area contributed by atoms with E-state index < -0.39 is 0 Å². The van der Waals surface area contributed by atoms with Gasteiger partial charge in [0.1, 0.15) is 0 Å². The first-order valence-corrected chi connectivity index (χ1v) is 10.7. The van der Waals surface area contributed by atoms with E-state index in [0.29, 0.717) is 17.7 Å². The lowest BCUT2D eigenvalue weighted by atomic mass is 10.1. The minimum atomic E-state index is -0.112. The summed E-state index contributed by atoms with van der Waals surface area (Å²) in [5, 5.41) is 17.4. The van der Waals surface area contributed by atoms with Crippen LogP contribution < -0.4 is 4.90 Å². The molecule has 0 radical (unpaired) electrons. The number of benzene rings is 2. The molecule has 6 nitrogen and oxygen atoms in total. The third-order valence-corrected chi connectivity index (χ3v) is 5.42. The first kappa shape index (κ1) is 21.1. The molecule has 0 N–H and O–H groups in total. The summed E-state index contributed by atoms with van der Waals surface area (Å²) < 4.78 is 6.63. The molecule has 0 spiro atoms. The summed E-state index contributed by atoms with van der Waals surface area (Å²) >= 11 is 4.58. The zero-order valence-electron chi connectivity index (χ0n) is 16.1. The number of carbonyl (C=O) groups is 1. The van der Waals surface area contributed by atoms with E-state index in [2.05, 4.69) is 32.2 Å². The molecule has 1 amide bonds. The van der Waals surface area contributed by atoms with Crippen LogP contribution in [0, 0.1) is 25.2 Å². The van der Waals surface area contributed by atoms with Crippen LogP contribution in [0.2, 0.25) is 0 Å². The lowest BCUT2D eigenvalue weighted by Gasteiger charge is -2.22. The van der Waals surface area contributed by atoms with Crippen LogP contribution in [0.1, 0.15) is 17.5 Å². The number of hydrogen-bond donors (Lipinski definition) is 0. The molecule has 0 saturated carbocycles. The van der Waals surface area contributed by atoms with E-state index in [1.54, 1.807) is 4.90 Å². The van der Waals surface area contributed by atoms with Crippen LogP contribution in [0.3, 0.4) is 0 Å². The summed E-state index contributed by atoms with van der Waals surface area (Å²) in [7, 11) is 0. The Balaban J connectivity index is 1.70. The molecular weight excluding hydrogens is 452 g/mol. The molecule has 148 valence electrons. The van der Waals surface area contributed by atoms with Gasteiger partial charge in [-0.25, -0.2) is 0 Å². The summed E-state index contributed by atoms with van der Waals surface area (Å²) in [4.78, 5) is 14.5. The number of rotatable bonds is 7. The summed E-state index contributed by atoms with van der Waals surface area (Å²) in [6.07, 6.45) is 0.262. The summed E-state index contributed by atoms with van der Waals surface area (Å²) in [5.74, 6) is 0.433. The summed E-state index contributed by atoms with van der Waals surface area (Å²) in [5.41, 5.74) is 3.74. The van der Waals surface area contributed by atoms with Gasteiger partial charge in [-0.2, -0.15) is 5.26 Å². The maximum atomic E-state index is 12.9. The number of anilines is 1. The molecule has 0 atom stereocenters. The van der Waals surface area contributed by atoms with E-state index in [1.807, 2.05) is 56.3 Å². The molecule has 0 unspecified atom stereocenters. The van der Waals surface area contributed by atoms with E-state index >= 15 is 0 Å². The molecule has 1 heterocycles. The first-order chi connectivity index (χ1) is 14.0. The molecule has 0 saturated heterocycles. The Hall–Kier alpha value is -2.63. The average molecular weight is 471 g/mol. The highest BCUT2D eigenvalue weighted by Gasteiger charge is 2.18. The van der Waals surface area contributed by atoms with Crippen molar-refractivity contribution in [2.45, 2.75) is 25.5 Å². The monoisotopic (exact) mass is 470 g/mol. The quantitative estimate of drug-likeness (QED) is 0.443. The van der Waals surface area contributed by atoms with Crippen LogP contribution in [0.15, 0.2) is 56.6 Å². The van der Waals surface area contributed by atoms with Crippen LogP contribution in [0.4, 0.5) is 5.69 Å². The molecule has 3 rings (SSSR count). The van der Waals surface area contributed by atoms with Crippen molar-refractivity contribution in [1.82, 2.24) is 10.2 Å². The van der Waals surface area contributed by atoms with Crippen molar-refractivity contribution >= 4 is 39.3 Å². The highest BCUT2D eigenvalue weighted by atomic mass is 79.9. The Labute approximate surface area is 182 Å². The number of hydrogen-bond acceptors (Lipinski definition) is 6. The summed E-state index contributed by atoms with van der Waals surface area (Å²) in [6.45, 7) is 4.31. The van der Waals surface area contributed by atoms with Crippen LogP contribution >= 0.6 is 27.7 Å². The molecule has 0 aliphatic heterocycles.